The van der Waals surface area contributed by atoms with Crippen LogP contribution >= 0.6 is 11.5 Å². The van der Waals surface area contributed by atoms with Gasteiger partial charge in [0, 0.05) is 36.5 Å². The molecule has 1 rings (SSSR count). The van der Waals surface area contributed by atoms with E-state index in [0.717, 1.165) is 17.5 Å². The normalized spacial score (nSPS) is 11.2. The molecule has 1 aromatic rings. The second-order valence-electron chi connectivity index (χ2n) is 4.65. The summed E-state index contributed by atoms with van der Waals surface area (Å²) in [5, 5.41) is 8.20. The fraction of sp³-hybridized carbons (Fsp3) is 0.727. The molecule has 1 heterocycles. The van der Waals surface area contributed by atoms with Gasteiger partial charge < -0.3 is 10.6 Å². The molecule has 1 aromatic heterocycles. The second-order valence-corrected chi connectivity index (χ2v) is 5.38. The largest absolute Gasteiger partial charge is 0.388 e. The average molecular weight is 255 g/mol. The molecule has 0 radical (unpaired) electrons. The van der Waals surface area contributed by atoms with Crippen molar-refractivity contribution in [2.45, 2.75) is 46.1 Å². The Labute approximate surface area is 107 Å². The number of aromatic nitrogens is 2. The summed E-state index contributed by atoms with van der Waals surface area (Å²) >= 11 is 1.42. The third-order valence-corrected chi connectivity index (χ3v) is 3.21. The van der Waals surface area contributed by atoms with Crippen LogP contribution in [0.25, 0.3) is 0 Å². The van der Waals surface area contributed by atoms with E-state index < -0.39 is 0 Å². The molecule has 0 aliphatic heterocycles. The van der Waals surface area contributed by atoms with Gasteiger partial charge in [0.25, 0.3) is 0 Å². The lowest BCUT2D eigenvalue weighted by Gasteiger charge is -2.25. The summed E-state index contributed by atoms with van der Waals surface area (Å²) in [4.78, 5) is 6.68. The standard InChI is InChI=1S/C11H21N5S/c1-7(2)10-14-11(17-15-10)16(8(3)4)6-5-9(12)13/h7-8H,5-6H2,1-4H3,(H3,12,13). The number of hydrogen-bond acceptors (Lipinski definition) is 5. The van der Waals surface area contributed by atoms with Crippen LogP contribution in [-0.4, -0.2) is 27.8 Å². The Kier molecular flexibility index (Phi) is 4.86. The monoisotopic (exact) mass is 255 g/mol. The highest BCUT2D eigenvalue weighted by Gasteiger charge is 2.16. The van der Waals surface area contributed by atoms with E-state index in [1.54, 1.807) is 0 Å². The minimum Gasteiger partial charge on any atom is -0.388 e. The highest BCUT2D eigenvalue weighted by Crippen LogP contribution is 2.23. The molecule has 5 nitrogen and oxygen atoms in total. The van der Waals surface area contributed by atoms with Gasteiger partial charge in [0.1, 0.15) is 5.82 Å². The van der Waals surface area contributed by atoms with Gasteiger partial charge in [-0.15, -0.1) is 0 Å². The third kappa shape index (κ3) is 3.96. The summed E-state index contributed by atoms with van der Waals surface area (Å²) < 4.78 is 4.35. The topological polar surface area (TPSA) is 78.9 Å². The minimum atomic E-state index is 0.212. The van der Waals surface area contributed by atoms with E-state index in [1.807, 2.05) is 0 Å². The van der Waals surface area contributed by atoms with Crippen molar-refractivity contribution in [2.24, 2.45) is 5.73 Å². The quantitative estimate of drug-likeness (QED) is 0.603. The first-order valence-electron chi connectivity index (χ1n) is 5.85. The van der Waals surface area contributed by atoms with E-state index in [1.165, 1.54) is 11.5 Å². The fourth-order valence-corrected chi connectivity index (χ4v) is 2.36. The van der Waals surface area contributed by atoms with Gasteiger partial charge in [-0.3, -0.25) is 5.41 Å². The summed E-state index contributed by atoms with van der Waals surface area (Å²) in [5.74, 6) is 1.45. The highest BCUT2D eigenvalue weighted by molar-refractivity contribution is 7.09. The lowest BCUT2D eigenvalue weighted by molar-refractivity contribution is 0.682. The van der Waals surface area contributed by atoms with Crippen molar-refractivity contribution < 1.29 is 0 Å². The van der Waals surface area contributed by atoms with Crippen LogP contribution in [0.3, 0.4) is 0 Å². The molecule has 0 aliphatic carbocycles. The summed E-state index contributed by atoms with van der Waals surface area (Å²) in [6, 6.07) is 0.335. The van der Waals surface area contributed by atoms with E-state index in [4.69, 9.17) is 11.1 Å². The molecule has 96 valence electrons. The SMILES string of the molecule is CC(C)c1nsc(N(CCC(=N)N)C(C)C)n1. The zero-order valence-electron chi connectivity index (χ0n) is 10.9. The number of nitrogens with two attached hydrogens (primary N) is 1. The first-order valence-corrected chi connectivity index (χ1v) is 6.62. The molecule has 3 N–H and O–H groups in total. The molecule has 6 heteroatoms. The molecule has 0 saturated heterocycles. The van der Waals surface area contributed by atoms with Crippen LogP contribution in [-0.2, 0) is 0 Å². The predicted molar refractivity (Wildman–Crippen MR) is 73.0 cm³/mol. The van der Waals surface area contributed by atoms with Crippen molar-refractivity contribution in [3.05, 3.63) is 5.82 Å². The van der Waals surface area contributed by atoms with Crippen LogP contribution < -0.4 is 10.6 Å². The van der Waals surface area contributed by atoms with Crippen LogP contribution in [0.1, 0.15) is 45.9 Å². The Morgan fingerprint density at radius 3 is 2.47 bits per heavy atom. The number of hydrogen-bond donors (Lipinski definition) is 2. The van der Waals surface area contributed by atoms with Crippen LogP contribution in [0.4, 0.5) is 5.13 Å². The molecule has 0 bridgehead atoms. The van der Waals surface area contributed by atoms with E-state index in [0.29, 0.717) is 18.4 Å². The van der Waals surface area contributed by atoms with Gasteiger partial charge in [-0.1, -0.05) is 13.8 Å². The number of rotatable bonds is 6. The molecule has 0 fully saturated rings. The maximum atomic E-state index is 7.28. The van der Waals surface area contributed by atoms with Crippen molar-refractivity contribution in [2.75, 3.05) is 11.4 Å². The highest BCUT2D eigenvalue weighted by atomic mass is 32.1. The Morgan fingerprint density at radius 1 is 1.41 bits per heavy atom. The molecule has 0 atom stereocenters. The molecular weight excluding hydrogens is 234 g/mol. The van der Waals surface area contributed by atoms with Gasteiger partial charge in [-0.25, -0.2) is 4.98 Å². The number of amidine groups is 1. The van der Waals surface area contributed by atoms with Gasteiger partial charge in [0.15, 0.2) is 0 Å². The zero-order chi connectivity index (χ0) is 13.0. The van der Waals surface area contributed by atoms with Crippen LogP contribution in [0.5, 0.6) is 0 Å². The van der Waals surface area contributed by atoms with Crippen LogP contribution in [0.15, 0.2) is 0 Å². The van der Waals surface area contributed by atoms with Gasteiger partial charge in [-0.05, 0) is 13.8 Å². The minimum absolute atomic E-state index is 0.212. The smallest absolute Gasteiger partial charge is 0.205 e. The Hall–Kier alpha value is -1.17. The summed E-state index contributed by atoms with van der Waals surface area (Å²) in [5.41, 5.74) is 5.40. The van der Waals surface area contributed by atoms with Crippen molar-refractivity contribution in [1.82, 2.24) is 9.36 Å². The van der Waals surface area contributed by atoms with E-state index in [9.17, 15) is 0 Å². The summed E-state index contributed by atoms with van der Waals surface area (Å²) in [6.45, 7) is 9.11. The number of nitrogens with zero attached hydrogens (tertiary/aromatic N) is 3. The molecule has 17 heavy (non-hydrogen) atoms. The molecular formula is C11H21N5S. The number of nitrogens with one attached hydrogen (secondary N) is 1. The number of anilines is 1. The molecule has 0 amide bonds. The van der Waals surface area contributed by atoms with Gasteiger partial charge in [-0.2, -0.15) is 4.37 Å². The van der Waals surface area contributed by atoms with Gasteiger partial charge in [0.2, 0.25) is 5.13 Å². The first-order chi connectivity index (χ1) is 7.91. The maximum Gasteiger partial charge on any atom is 0.205 e. The maximum absolute atomic E-state index is 7.28. The molecule has 0 aromatic carbocycles. The zero-order valence-corrected chi connectivity index (χ0v) is 11.7. The summed E-state index contributed by atoms with van der Waals surface area (Å²) in [6.07, 6.45) is 0.564. The van der Waals surface area contributed by atoms with Crippen LogP contribution in [0.2, 0.25) is 0 Å². The summed E-state index contributed by atoms with van der Waals surface area (Å²) in [7, 11) is 0. The lowest BCUT2D eigenvalue weighted by atomic mass is 10.2. The molecule has 0 saturated carbocycles. The third-order valence-electron chi connectivity index (χ3n) is 2.44. The van der Waals surface area contributed by atoms with E-state index in [-0.39, 0.29) is 5.84 Å². The van der Waals surface area contributed by atoms with Crippen molar-refractivity contribution >= 4 is 22.5 Å². The van der Waals surface area contributed by atoms with Crippen LogP contribution in [0, 0.1) is 5.41 Å². The Morgan fingerprint density at radius 2 is 2.06 bits per heavy atom. The molecule has 0 spiro atoms. The van der Waals surface area contributed by atoms with Gasteiger partial charge in [0.05, 0.1) is 5.84 Å². The Bertz CT molecular complexity index is 372. The predicted octanol–water partition coefficient (Wildman–Crippen LogP) is 2.20. The molecule has 0 aliphatic rings. The van der Waals surface area contributed by atoms with Crippen molar-refractivity contribution in [1.29, 1.82) is 5.41 Å². The fourth-order valence-electron chi connectivity index (χ4n) is 1.39. The van der Waals surface area contributed by atoms with E-state index in [2.05, 4.69) is 42.0 Å². The Balaban J connectivity index is 2.78. The first kappa shape index (κ1) is 13.9. The van der Waals surface area contributed by atoms with E-state index >= 15 is 0 Å². The lowest BCUT2D eigenvalue weighted by Crippen LogP contribution is -2.33. The second kappa shape index (κ2) is 5.95. The van der Waals surface area contributed by atoms with Crippen molar-refractivity contribution in [3.63, 3.8) is 0 Å². The average Bonchev–Trinajstić information content (AvgIpc) is 2.66. The van der Waals surface area contributed by atoms with Crippen molar-refractivity contribution in [3.8, 4) is 0 Å². The molecule has 0 unspecified atom stereocenters. The van der Waals surface area contributed by atoms with Gasteiger partial charge >= 0.3 is 0 Å².